The van der Waals surface area contributed by atoms with E-state index in [-0.39, 0.29) is 34.4 Å². The monoisotopic (exact) mass is 442 g/mol. The first-order chi connectivity index (χ1) is 14.1. The number of nitrogens with one attached hydrogen (secondary N) is 1. The Morgan fingerprint density at radius 2 is 1.97 bits per heavy atom. The van der Waals surface area contributed by atoms with Gasteiger partial charge >= 0.3 is 12.1 Å². The number of esters is 1. The van der Waals surface area contributed by atoms with Crippen molar-refractivity contribution in [3.05, 3.63) is 46.9 Å². The molecular weight excluding hydrogens is 425 g/mol. The Kier molecular flexibility index (Phi) is 6.45. The normalized spacial score (nSPS) is 15.0. The number of hydrogen-bond donors (Lipinski definition) is 1. The van der Waals surface area contributed by atoms with Crippen molar-refractivity contribution < 1.29 is 27.5 Å². The fourth-order valence-electron chi connectivity index (χ4n) is 3.10. The first kappa shape index (κ1) is 21.8. The number of ether oxygens (including phenoxy) is 1. The van der Waals surface area contributed by atoms with Crippen molar-refractivity contribution >= 4 is 35.0 Å². The van der Waals surface area contributed by atoms with Crippen LogP contribution < -0.4 is 10.2 Å². The molecule has 2 aromatic rings. The molecule has 160 valence electrons. The number of alkyl halides is 3. The highest BCUT2D eigenvalue weighted by Gasteiger charge is 2.33. The molecule has 0 aliphatic carbocycles. The van der Waals surface area contributed by atoms with Gasteiger partial charge in [-0.15, -0.1) is 0 Å². The molecule has 1 aliphatic heterocycles. The molecule has 11 heteroatoms. The molecule has 0 aromatic carbocycles. The maximum Gasteiger partial charge on any atom is 0.417 e. The summed E-state index contributed by atoms with van der Waals surface area (Å²) >= 11 is 5.78. The molecule has 0 unspecified atom stereocenters. The first-order valence-corrected chi connectivity index (χ1v) is 9.44. The smallest absolute Gasteiger partial charge is 0.417 e. The Hall–Kier alpha value is -2.88. The number of amides is 1. The zero-order chi connectivity index (χ0) is 21.9. The molecule has 0 bridgehead atoms. The van der Waals surface area contributed by atoms with Crippen LogP contribution in [-0.4, -0.2) is 41.0 Å². The van der Waals surface area contributed by atoms with E-state index in [2.05, 4.69) is 15.3 Å². The minimum absolute atomic E-state index is 0.0422. The van der Waals surface area contributed by atoms with Crippen molar-refractivity contribution in [1.29, 1.82) is 0 Å². The minimum atomic E-state index is -4.62. The molecule has 3 rings (SSSR count). The lowest BCUT2D eigenvalue weighted by atomic mass is 10.1. The van der Waals surface area contributed by atoms with Gasteiger partial charge in [0, 0.05) is 39.1 Å². The van der Waals surface area contributed by atoms with Crippen LogP contribution in [0.25, 0.3) is 0 Å². The van der Waals surface area contributed by atoms with E-state index in [9.17, 15) is 22.8 Å². The first-order valence-electron chi connectivity index (χ1n) is 9.07. The predicted octanol–water partition coefficient (Wildman–Crippen LogP) is 3.93. The van der Waals surface area contributed by atoms with E-state index in [1.807, 2.05) is 0 Å². The SMILES string of the molecule is CC(=O)OC1CCN(c2ncc(C(F)(F)F)cc2NC(=O)c2cccc(Cl)n2)CC1. The Morgan fingerprint density at radius 1 is 1.27 bits per heavy atom. The van der Waals surface area contributed by atoms with Crippen molar-refractivity contribution in [2.45, 2.75) is 32.0 Å². The Labute approximate surface area is 175 Å². The van der Waals surface area contributed by atoms with E-state index in [0.717, 1.165) is 12.3 Å². The number of piperidine rings is 1. The molecule has 0 atom stereocenters. The van der Waals surface area contributed by atoms with Crippen LogP contribution in [0.2, 0.25) is 5.15 Å². The fraction of sp³-hybridized carbons (Fsp3) is 0.368. The average Bonchev–Trinajstić information content (AvgIpc) is 2.67. The van der Waals surface area contributed by atoms with Crippen LogP contribution in [0.15, 0.2) is 30.5 Å². The summed E-state index contributed by atoms with van der Waals surface area (Å²) in [5.74, 6) is -0.905. The van der Waals surface area contributed by atoms with Gasteiger partial charge in [-0.05, 0) is 18.2 Å². The maximum absolute atomic E-state index is 13.2. The van der Waals surface area contributed by atoms with Gasteiger partial charge in [-0.25, -0.2) is 9.97 Å². The highest BCUT2D eigenvalue weighted by Crippen LogP contribution is 2.35. The Morgan fingerprint density at radius 3 is 2.57 bits per heavy atom. The van der Waals surface area contributed by atoms with Gasteiger partial charge in [0.15, 0.2) is 5.82 Å². The van der Waals surface area contributed by atoms with E-state index in [0.29, 0.717) is 25.9 Å². The van der Waals surface area contributed by atoms with E-state index in [1.165, 1.54) is 25.1 Å². The van der Waals surface area contributed by atoms with Gasteiger partial charge in [0.25, 0.3) is 5.91 Å². The van der Waals surface area contributed by atoms with Gasteiger partial charge in [-0.1, -0.05) is 17.7 Å². The number of pyridine rings is 2. The molecule has 1 saturated heterocycles. The quantitative estimate of drug-likeness (QED) is 0.570. The third-order valence-corrected chi connectivity index (χ3v) is 4.67. The molecule has 1 amide bonds. The molecule has 1 fully saturated rings. The summed E-state index contributed by atoms with van der Waals surface area (Å²) in [6, 6.07) is 5.22. The number of carbonyl (C=O) groups is 2. The topological polar surface area (TPSA) is 84.4 Å². The van der Waals surface area contributed by atoms with E-state index < -0.39 is 17.6 Å². The van der Waals surface area contributed by atoms with E-state index in [1.54, 1.807) is 4.90 Å². The molecule has 30 heavy (non-hydrogen) atoms. The van der Waals surface area contributed by atoms with Crippen LogP contribution in [0.3, 0.4) is 0 Å². The largest absolute Gasteiger partial charge is 0.462 e. The van der Waals surface area contributed by atoms with Crippen LogP contribution in [0, 0.1) is 0 Å². The lowest BCUT2D eigenvalue weighted by molar-refractivity contribution is -0.147. The molecule has 7 nitrogen and oxygen atoms in total. The summed E-state index contributed by atoms with van der Waals surface area (Å²) < 4.78 is 44.7. The van der Waals surface area contributed by atoms with Crippen LogP contribution in [-0.2, 0) is 15.7 Å². The van der Waals surface area contributed by atoms with Gasteiger partial charge < -0.3 is 15.0 Å². The number of halogens is 4. The van der Waals surface area contributed by atoms with E-state index in [4.69, 9.17) is 16.3 Å². The van der Waals surface area contributed by atoms with Crippen LogP contribution in [0.1, 0.15) is 35.8 Å². The van der Waals surface area contributed by atoms with Gasteiger partial charge in [-0.3, -0.25) is 9.59 Å². The molecule has 0 spiro atoms. The molecular formula is C19H18ClF3N4O3. The van der Waals surface area contributed by atoms with Crippen molar-refractivity contribution in [2.24, 2.45) is 0 Å². The van der Waals surface area contributed by atoms with Crippen molar-refractivity contribution in [2.75, 3.05) is 23.3 Å². The minimum Gasteiger partial charge on any atom is -0.462 e. The molecule has 0 radical (unpaired) electrons. The zero-order valence-electron chi connectivity index (χ0n) is 15.9. The fourth-order valence-corrected chi connectivity index (χ4v) is 3.26. The summed E-state index contributed by atoms with van der Waals surface area (Å²) in [6.07, 6.45) is -3.18. The van der Waals surface area contributed by atoms with Crippen molar-refractivity contribution in [3.8, 4) is 0 Å². The number of aromatic nitrogens is 2. The van der Waals surface area contributed by atoms with Crippen LogP contribution >= 0.6 is 11.6 Å². The second kappa shape index (κ2) is 8.86. The van der Waals surface area contributed by atoms with Crippen molar-refractivity contribution in [1.82, 2.24) is 9.97 Å². The zero-order valence-corrected chi connectivity index (χ0v) is 16.6. The molecule has 1 aliphatic rings. The predicted molar refractivity (Wildman–Crippen MR) is 103 cm³/mol. The lowest BCUT2D eigenvalue weighted by Crippen LogP contribution is -2.38. The molecule has 0 saturated carbocycles. The van der Waals surface area contributed by atoms with Crippen LogP contribution in [0.4, 0.5) is 24.7 Å². The molecule has 1 N–H and O–H groups in total. The number of anilines is 2. The number of hydrogen-bond acceptors (Lipinski definition) is 6. The molecule has 3 heterocycles. The standard InChI is InChI=1S/C19H18ClF3N4O3/c1-11(28)30-13-5-7-27(8-6-13)17-15(9-12(10-24-17)19(21,22)23)26-18(29)14-3-2-4-16(20)25-14/h2-4,9-10,13H,5-8H2,1H3,(H,26,29). The summed E-state index contributed by atoms with van der Waals surface area (Å²) in [4.78, 5) is 33.2. The van der Waals surface area contributed by atoms with Gasteiger partial charge in [0.2, 0.25) is 0 Å². The Balaban J connectivity index is 1.86. The lowest BCUT2D eigenvalue weighted by Gasteiger charge is -2.33. The third kappa shape index (κ3) is 5.38. The number of rotatable bonds is 4. The van der Waals surface area contributed by atoms with Gasteiger partial charge in [0.05, 0.1) is 11.3 Å². The van der Waals surface area contributed by atoms with Crippen LogP contribution in [0.5, 0.6) is 0 Å². The summed E-state index contributed by atoms with van der Waals surface area (Å²) in [6.45, 7) is 2.12. The highest BCUT2D eigenvalue weighted by atomic mass is 35.5. The van der Waals surface area contributed by atoms with Crippen molar-refractivity contribution in [3.63, 3.8) is 0 Å². The van der Waals surface area contributed by atoms with Gasteiger partial charge in [-0.2, -0.15) is 13.2 Å². The number of carbonyl (C=O) groups excluding carboxylic acids is 2. The number of nitrogens with zero attached hydrogens (tertiary/aromatic N) is 3. The summed E-state index contributed by atoms with van der Waals surface area (Å²) in [5, 5.41) is 2.54. The second-order valence-electron chi connectivity index (χ2n) is 6.69. The Bertz CT molecular complexity index is 947. The van der Waals surface area contributed by atoms with Gasteiger partial charge in [0.1, 0.15) is 17.0 Å². The average molecular weight is 443 g/mol. The summed E-state index contributed by atoms with van der Waals surface area (Å²) in [5.41, 5.74) is -1.13. The van der Waals surface area contributed by atoms with E-state index >= 15 is 0 Å². The third-order valence-electron chi connectivity index (χ3n) is 4.46. The second-order valence-corrected chi connectivity index (χ2v) is 7.08. The molecule has 2 aromatic heterocycles. The highest BCUT2D eigenvalue weighted by molar-refractivity contribution is 6.29. The summed E-state index contributed by atoms with van der Waals surface area (Å²) in [7, 11) is 0. The maximum atomic E-state index is 13.2.